The van der Waals surface area contributed by atoms with Crippen LogP contribution in [-0.2, 0) is 0 Å². The first-order valence-corrected chi connectivity index (χ1v) is 6.82. The maximum absolute atomic E-state index is 5.93. The SMILES string of the molecule is Clc1ccc(-c2cccc(N3CCCC3)c2)cc1. The molecule has 1 aliphatic rings. The Bertz CT molecular complexity index is 527. The van der Waals surface area contributed by atoms with Crippen molar-refractivity contribution in [1.82, 2.24) is 0 Å². The lowest BCUT2D eigenvalue weighted by Gasteiger charge is -2.18. The Morgan fingerprint density at radius 3 is 2.28 bits per heavy atom. The molecule has 0 spiro atoms. The van der Waals surface area contributed by atoms with Gasteiger partial charge >= 0.3 is 0 Å². The summed E-state index contributed by atoms with van der Waals surface area (Å²) in [4.78, 5) is 2.46. The summed E-state index contributed by atoms with van der Waals surface area (Å²) in [7, 11) is 0. The van der Waals surface area contributed by atoms with Gasteiger partial charge in [-0.3, -0.25) is 0 Å². The van der Waals surface area contributed by atoms with Crippen molar-refractivity contribution in [1.29, 1.82) is 0 Å². The van der Waals surface area contributed by atoms with Crippen molar-refractivity contribution in [2.75, 3.05) is 18.0 Å². The second kappa shape index (κ2) is 5.03. The predicted octanol–water partition coefficient (Wildman–Crippen LogP) is 4.61. The number of benzene rings is 2. The molecule has 0 aliphatic carbocycles. The van der Waals surface area contributed by atoms with Crippen molar-refractivity contribution in [3.05, 3.63) is 53.6 Å². The number of rotatable bonds is 2. The molecule has 2 heteroatoms. The Kier molecular flexibility index (Phi) is 3.24. The Balaban J connectivity index is 1.92. The third-order valence-corrected chi connectivity index (χ3v) is 3.75. The van der Waals surface area contributed by atoms with E-state index in [4.69, 9.17) is 11.6 Å². The zero-order chi connectivity index (χ0) is 12.4. The average molecular weight is 258 g/mol. The minimum Gasteiger partial charge on any atom is -0.372 e. The largest absolute Gasteiger partial charge is 0.372 e. The summed E-state index contributed by atoms with van der Waals surface area (Å²) in [6, 6.07) is 16.8. The Labute approximate surface area is 113 Å². The van der Waals surface area contributed by atoms with Crippen LogP contribution < -0.4 is 4.90 Å². The van der Waals surface area contributed by atoms with Gasteiger partial charge in [0.25, 0.3) is 0 Å². The van der Waals surface area contributed by atoms with E-state index in [1.807, 2.05) is 12.1 Å². The monoisotopic (exact) mass is 257 g/mol. The molecule has 0 radical (unpaired) electrons. The van der Waals surface area contributed by atoms with E-state index in [1.54, 1.807) is 0 Å². The van der Waals surface area contributed by atoms with Crippen LogP contribution in [0, 0.1) is 0 Å². The Morgan fingerprint density at radius 2 is 1.56 bits per heavy atom. The molecule has 0 unspecified atom stereocenters. The summed E-state index contributed by atoms with van der Waals surface area (Å²) in [6.07, 6.45) is 2.62. The normalized spacial score (nSPS) is 15.1. The number of halogens is 1. The Hall–Kier alpha value is -1.47. The van der Waals surface area contributed by atoms with Gasteiger partial charge in [-0.2, -0.15) is 0 Å². The van der Waals surface area contributed by atoms with Gasteiger partial charge in [0.2, 0.25) is 0 Å². The maximum Gasteiger partial charge on any atom is 0.0406 e. The average Bonchev–Trinajstić information content (AvgIpc) is 2.94. The van der Waals surface area contributed by atoms with Gasteiger partial charge in [-0.15, -0.1) is 0 Å². The fraction of sp³-hybridized carbons (Fsp3) is 0.250. The van der Waals surface area contributed by atoms with E-state index in [9.17, 15) is 0 Å². The van der Waals surface area contributed by atoms with E-state index in [2.05, 4.69) is 41.3 Å². The molecule has 2 aromatic rings. The van der Waals surface area contributed by atoms with Crippen LogP contribution in [0.1, 0.15) is 12.8 Å². The molecular formula is C16H16ClN. The second-order valence-electron chi connectivity index (χ2n) is 4.75. The number of hydrogen-bond acceptors (Lipinski definition) is 1. The molecular weight excluding hydrogens is 242 g/mol. The molecule has 0 bridgehead atoms. The zero-order valence-corrected chi connectivity index (χ0v) is 11.0. The summed E-state index contributed by atoms with van der Waals surface area (Å²) >= 11 is 5.93. The molecule has 3 rings (SSSR count). The second-order valence-corrected chi connectivity index (χ2v) is 5.19. The number of hydrogen-bond donors (Lipinski definition) is 0. The van der Waals surface area contributed by atoms with Gasteiger partial charge in [0.1, 0.15) is 0 Å². The van der Waals surface area contributed by atoms with Crippen LogP contribution in [0.4, 0.5) is 5.69 Å². The Morgan fingerprint density at radius 1 is 0.833 bits per heavy atom. The molecule has 92 valence electrons. The first-order valence-electron chi connectivity index (χ1n) is 6.44. The van der Waals surface area contributed by atoms with E-state index in [-0.39, 0.29) is 0 Å². The standard InChI is InChI=1S/C16H16ClN/c17-15-8-6-13(7-9-15)14-4-3-5-16(12-14)18-10-1-2-11-18/h3-9,12H,1-2,10-11H2. The van der Waals surface area contributed by atoms with E-state index >= 15 is 0 Å². The third-order valence-electron chi connectivity index (χ3n) is 3.49. The third kappa shape index (κ3) is 2.37. The molecule has 1 aliphatic heterocycles. The van der Waals surface area contributed by atoms with Gasteiger partial charge in [0.05, 0.1) is 0 Å². The lowest BCUT2D eigenvalue weighted by Crippen LogP contribution is -2.17. The highest BCUT2D eigenvalue weighted by Gasteiger charge is 2.12. The molecule has 18 heavy (non-hydrogen) atoms. The molecule has 1 heterocycles. The highest BCUT2D eigenvalue weighted by Crippen LogP contribution is 2.27. The molecule has 1 nitrogen and oxygen atoms in total. The molecule has 0 N–H and O–H groups in total. The molecule has 0 saturated carbocycles. The van der Waals surface area contributed by atoms with Crippen LogP contribution in [0.25, 0.3) is 11.1 Å². The lowest BCUT2D eigenvalue weighted by molar-refractivity contribution is 0.949. The van der Waals surface area contributed by atoms with Gasteiger partial charge in [-0.25, -0.2) is 0 Å². The molecule has 0 atom stereocenters. The van der Waals surface area contributed by atoms with Crippen molar-refractivity contribution in [3.63, 3.8) is 0 Å². The van der Waals surface area contributed by atoms with Gasteiger partial charge < -0.3 is 4.90 Å². The van der Waals surface area contributed by atoms with Crippen LogP contribution >= 0.6 is 11.6 Å². The van der Waals surface area contributed by atoms with Crippen molar-refractivity contribution in [2.24, 2.45) is 0 Å². The first-order chi connectivity index (χ1) is 8.83. The molecule has 0 aromatic heterocycles. The summed E-state index contributed by atoms with van der Waals surface area (Å²) in [6.45, 7) is 2.37. The van der Waals surface area contributed by atoms with Crippen molar-refractivity contribution >= 4 is 17.3 Å². The lowest BCUT2D eigenvalue weighted by atomic mass is 10.1. The summed E-state index contributed by atoms with van der Waals surface area (Å²) < 4.78 is 0. The molecule has 1 saturated heterocycles. The topological polar surface area (TPSA) is 3.24 Å². The minimum absolute atomic E-state index is 0.787. The van der Waals surface area contributed by atoms with Crippen molar-refractivity contribution in [2.45, 2.75) is 12.8 Å². The van der Waals surface area contributed by atoms with Crippen LogP contribution in [0.3, 0.4) is 0 Å². The van der Waals surface area contributed by atoms with Crippen LogP contribution in [0.2, 0.25) is 5.02 Å². The van der Waals surface area contributed by atoms with Gasteiger partial charge in [0.15, 0.2) is 0 Å². The van der Waals surface area contributed by atoms with Crippen LogP contribution in [0.15, 0.2) is 48.5 Å². The zero-order valence-electron chi connectivity index (χ0n) is 10.3. The number of nitrogens with zero attached hydrogens (tertiary/aromatic N) is 1. The highest BCUT2D eigenvalue weighted by atomic mass is 35.5. The maximum atomic E-state index is 5.93. The summed E-state index contributed by atoms with van der Waals surface area (Å²) in [5, 5.41) is 0.787. The molecule has 1 fully saturated rings. The first kappa shape index (κ1) is 11.6. The van der Waals surface area contributed by atoms with Gasteiger partial charge in [0, 0.05) is 23.8 Å². The van der Waals surface area contributed by atoms with Crippen LogP contribution in [-0.4, -0.2) is 13.1 Å². The fourth-order valence-corrected chi connectivity index (χ4v) is 2.63. The quantitative estimate of drug-likeness (QED) is 0.760. The molecule has 0 amide bonds. The summed E-state index contributed by atoms with van der Waals surface area (Å²) in [5.74, 6) is 0. The predicted molar refractivity (Wildman–Crippen MR) is 78.3 cm³/mol. The highest BCUT2D eigenvalue weighted by molar-refractivity contribution is 6.30. The van der Waals surface area contributed by atoms with Crippen molar-refractivity contribution < 1.29 is 0 Å². The number of anilines is 1. The van der Waals surface area contributed by atoms with Crippen LogP contribution in [0.5, 0.6) is 0 Å². The van der Waals surface area contributed by atoms with Gasteiger partial charge in [-0.1, -0.05) is 35.9 Å². The van der Waals surface area contributed by atoms with E-state index < -0.39 is 0 Å². The fourth-order valence-electron chi connectivity index (χ4n) is 2.50. The molecule has 2 aromatic carbocycles. The van der Waals surface area contributed by atoms with E-state index in [0.29, 0.717) is 0 Å². The smallest absolute Gasteiger partial charge is 0.0406 e. The minimum atomic E-state index is 0.787. The van der Waals surface area contributed by atoms with E-state index in [0.717, 1.165) is 5.02 Å². The summed E-state index contributed by atoms with van der Waals surface area (Å²) in [5.41, 5.74) is 3.82. The van der Waals surface area contributed by atoms with E-state index in [1.165, 1.54) is 42.7 Å². The van der Waals surface area contributed by atoms with Gasteiger partial charge in [-0.05, 0) is 48.2 Å². The van der Waals surface area contributed by atoms with Crippen molar-refractivity contribution in [3.8, 4) is 11.1 Å².